The fourth-order valence-electron chi connectivity index (χ4n) is 3.84. The van der Waals surface area contributed by atoms with E-state index in [-0.39, 0.29) is 0 Å². The third-order valence-electron chi connectivity index (χ3n) is 5.23. The van der Waals surface area contributed by atoms with Gasteiger partial charge in [0.2, 0.25) is 0 Å². The lowest BCUT2D eigenvalue weighted by atomic mass is 10.1. The molecule has 0 bridgehead atoms. The maximum Gasteiger partial charge on any atom is 0.150 e. The van der Waals surface area contributed by atoms with Crippen LogP contribution >= 0.6 is 0 Å². The molecule has 1 N–H and O–H groups in total. The molecule has 0 amide bonds. The van der Waals surface area contributed by atoms with Crippen molar-refractivity contribution in [3.63, 3.8) is 0 Å². The molecule has 2 heterocycles. The molecular formula is C17H20N4. The molecule has 2 fully saturated rings. The molecule has 108 valence electrons. The molecule has 5 rings (SSSR count). The Morgan fingerprint density at radius 1 is 1.00 bits per heavy atom. The van der Waals surface area contributed by atoms with Crippen LogP contribution in [0.5, 0.6) is 0 Å². The highest BCUT2D eigenvalue weighted by Gasteiger charge is 2.45. The Kier molecular flexibility index (Phi) is 2.50. The highest BCUT2D eigenvalue weighted by atomic mass is 15.3. The van der Waals surface area contributed by atoms with E-state index in [9.17, 15) is 0 Å². The van der Waals surface area contributed by atoms with E-state index in [1.807, 2.05) is 0 Å². The van der Waals surface area contributed by atoms with Gasteiger partial charge in [0.05, 0.1) is 6.04 Å². The quantitative estimate of drug-likeness (QED) is 0.939. The largest absolute Gasteiger partial charge is 0.312 e. The van der Waals surface area contributed by atoms with Gasteiger partial charge in [-0.25, -0.2) is 0 Å². The summed E-state index contributed by atoms with van der Waals surface area (Å²) in [5.74, 6) is 4.44. The summed E-state index contributed by atoms with van der Waals surface area (Å²) in [4.78, 5) is 0. The van der Waals surface area contributed by atoms with Crippen molar-refractivity contribution in [3.8, 4) is 0 Å². The van der Waals surface area contributed by atoms with Crippen LogP contribution in [0.4, 0.5) is 0 Å². The smallest absolute Gasteiger partial charge is 0.150 e. The Morgan fingerprint density at radius 2 is 1.81 bits per heavy atom. The van der Waals surface area contributed by atoms with Crippen molar-refractivity contribution in [3.05, 3.63) is 47.5 Å². The molecule has 3 unspecified atom stereocenters. The molecular weight excluding hydrogens is 260 g/mol. The van der Waals surface area contributed by atoms with Crippen molar-refractivity contribution in [2.45, 2.75) is 43.7 Å². The van der Waals surface area contributed by atoms with Crippen molar-refractivity contribution in [2.24, 2.45) is 5.92 Å². The SMILES string of the molecule is c1ccc(C2CC2c2nnc3n2CCNC3C2CC2)cc1. The molecule has 3 aliphatic rings. The number of hydrogen-bond acceptors (Lipinski definition) is 3. The summed E-state index contributed by atoms with van der Waals surface area (Å²) in [5.41, 5.74) is 1.45. The number of hydrogen-bond donors (Lipinski definition) is 1. The van der Waals surface area contributed by atoms with Gasteiger partial charge in [0.15, 0.2) is 5.82 Å². The predicted octanol–water partition coefficient (Wildman–Crippen LogP) is 2.60. The van der Waals surface area contributed by atoms with Crippen molar-refractivity contribution in [1.29, 1.82) is 0 Å². The summed E-state index contributed by atoms with van der Waals surface area (Å²) < 4.78 is 2.41. The molecule has 4 nitrogen and oxygen atoms in total. The van der Waals surface area contributed by atoms with Crippen LogP contribution in [0.2, 0.25) is 0 Å². The van der Waals surface area contributed by atoms with Crippen molar-refractivity contribution in [1.82, 2.24) is 20.1 Å². The monoisotopic (exact) mass is 280 g/mol. The van der Waals surface area contributed by atoms with Gasteiger partial charge >= 0.3 is 0 Å². The van der Waals surface area contributed by atoms with Crippen LogP contribution < -0.4 is 5.32 Å². The first-order chi connectivity index (χ1) is 10.4. The molecule has 2 aliphatic carbocycles. The van der Waals surface area contributed by atoms with Crippen LogP contribution in [0.15, 0.2) is 30.3 Å². The first-order valence-corrected chi connectivity index (χ1v) is 8.13. The topological polar surface area (TPSA) is 42.7 Å². The zero-order chi connectivity index (χ0) is 13.8. The van der Waals surface area contributed by atoms with Gasteiger partial charge in [0.25, 0.3) is 0 Å². The van der Waals surface area contributed by atoms with Crippen LogP contribution in [0, 0.1) is 5.92 Å². The minimum absolute atomic E-state index is 0.453. The van der Waals surface area contributed by atoms with Gasteiger partial charge in [-0.3, -0.25) is 0 Å². The summed E-state index contributed by atoms with van der Waals surface area (Å²) >= 11 is 0. The number of nitrogens with zero attached hydrogens (tertiary/aromatic N) is 3. The lowest BCUT2D eigenvalue weighted by Gasteiger charge is -2.25. The minimum atomic E-state index is 0.453. The average Bonchev–Trinajstić information content (AvgIpc) is 3.45. The Labute approximate surface area is 124 Å². The summed E-state index contributed by atoms with van der Waals surface area (Å²) in [5, 5.41) is 12.7. The Balaban J connectivity index is 1.44. The number of aromatic nitrogens is 3. The van der Waals surface area contributed by atoms with E-state index in [2.05, 4.69) is 50.4 Å². The Bertz CT molecular complexity index is 659. The first kappa shape index (κ1) is 11.9. The van der Waals surface area contributed by atoms with Crippen molar-refractivity contribution in [2.75, 3.05) is 6.54 Å². The predicted molar refractivity (Wildman–Crippen MR) is 80.0 cm³/mol. The van der Waals surface area contributed by atoms with Crippen molar-refractivity contribution < 1.29 is 0 Å². The zero-order valence-corrected chi connectivity index (χ0v) is 12.1. The molecule has 4 heteroatoms. The molecule has 0 spiro atoms. The van der Waals surface area contributed by atoms with Gasteiger partial charge in [-0.05, 0) is 36.7 Å². The maximum absolute atomic E-state index is 4.57. The third-order valence-corrected chi connectivity index (χ3v) is 5.23. The third kappa shape index (κ3) is 1.93. The van der Waals surface area contributed by atoms with E-state index in [0.29, 0.717) is 17.9 Å². The van der Waals surface area contributed by atoms with E-state index in [4.69, 9.17) is 0 Å². The van der Waals surface area contributed by atoms with Gasteiger partial charge in [-0.15, -0.1) is 10.2 Å². The molecule has 0 saturated heterocycles. The average molecular weight is 280 g/mol. The molecule has 21 heavy (non-hydrogen) atoms. The molecule has 0 radical (unpaired) electrons. The fourth-order valence-corrected chi connectivity index (χ4v) is 3.84. The molecule has 3 atom stereocenters. The molecule has 1 aliphatic heterocycles. The number of fused-ring (bicyclic) bond motifs is 1. The second-order valence-electron chi connectivity index (χ2n) is 6.70. The van der Waals surface area contributed by atoms with E-state index in [1.54, 1.807) is 0 Å². The van der Waals surface area contributed by atoms with Gasteiger partial charge in [0, 0.05) is 19.0 Å². The summed E-state index contributed by atoms with van der Waals surface area (Å²) in [7, 11) is 0. The first-order valence-electron chi connectivity index (χ1n) is 8.13. The molecule has 2 aromatic rings. The molecule has 1 aromatic carbocycles. The van der Waals surface area contributed by atoms with E-state index in [1.165, 1.54) is 36.5 Å². The second-order valence-corrected chi connectivity index (χ2v) is 6.70. The van der Waals surface area contributed by atoms with Gasteiger partial charge in [-0.2, -0.15) is 0 Å². The summed E-state index contributed by atoms with van der Waals surface area (Å²) in [6.45, 7) is 2.08. The van der Waals surface area contributed by atoms with E-state index < -0.39 is 0 Å². The lowest BCUT2D eigenvalue weighted by Crippen LogP contribution is -2.35. The van der Waals surface area contributed by atoms with Crippen LogP contribution in [0.1, 0.15) is 54.4 Å². The van der Waals surface area contributed by atoms with Crippen LogP contribution in [-0.4, -0.2) is 21.3 Å². The van der Waals surface area contributed by atoms with Crippen molar-refractivity contribution >= 4 is 0 Å². The van der Waals surface area contributed by atoms with Crippen LogP contribution in [0.25, 0.3) is 0 Å². The second kappa shape index (κ2) is 4.41. The standard InChI is InChI=1S/C17H20N4/c1-2-4-11(5-3-1)13-10-14(13)16-19-20-17-15(12-6-7-12)18-8-9-21(16)17/h1-5,12-15,18H,6-10H2. The summed E-state index contributed by atoms with van der Waals surface area (Å²) in [6.07, 6.45) is 3.91. The van der Waals surface area contributed by atoms with E-state index >= 15 is 0 Å². The summed E-state index contributed by atoms with van der Waals surface area (Å²) in [6, 6.07) is 11.3. The lowest BCUT2D eigenvalue weighted by molar-refractivity contribution is 0.376. The van der Waals surface area contributed by atoms with E-state index in [0.717, 1.165) is 19.0 Å². The molecule has 2 saturated carbocycles. The van der Waals surface area contributed by atoms with Crippen LogP contribution in [0.3, 0.4) is 0 Å². The number of nitrogens with one attached hydrogen (secondary N) is 1. The highest BCUT2D eigenvalue weighted by Crippen LogP contribution is 2.54. The fraction of sp³-hybridized carbons (Fsp3) is 0.529. The minimum Gasteiger partial charge on any atom is -0.312 e. The number of benzene rings is 1. The normalized spacial score (nSPS) is 31.0. The maximum atomic E-state index is 4.57. The Hall–Kier alpha value is -1.68. The highest BCUT2D eigenvalue weighted by molar-refractivity contribution is 5.32. The Morgan fingerprint density at radius 3 is 2.62 bits per heavy atom. The van der Waals surface area contributed by atoms with Gasteiger partial charge in [-0.1, -0.05) is 30.3 Å². The number of rotatable bonds is 3. The van der Waals surface area contributed by atoms with Crippen LogP contribution in [-0.2, 0) is 6.54 Å². The zero-order valence-electron chi connectivity index (χ0n) is 12.1. The van der Waals surface area contributed by atoms with Gasteiger partial charge in [0.1, 0.15) is 5.82 Å². The molecule has 1 aromatic heterocycles. The van der Waals surface area contributed by atoms with Gasteiger partial charge < -0.3 is 9.88 Å².